The van der Waals surface area contributed by atoms with E-state index in [0.717, 1.165) is 12.8 Å². The fourth-order valence-corrected chi connectivity index (χ4v) is 2.18. The number of carbonyl (C=O) groups excluding carboxylic acids is 2. The average Bonchev–Trinajstić information content (AvgIpc) is 2.40. The van der Waals surface area contributed by atoms with Crippen molar-refractivity contribution in [1.29, 1.82) is 0 Å². The van der Waals surface area contributed by atoms with Crippen molar-refractivity contribution in [2.24, 2.45) is 5.92 Å². The lowest BCUT2D eigenvalue weighted by molar-refractivity contribution is -0.144. The first-order valence-electron chi connectivity index (χ1n) is 6.38. The molecule has 6 heteroatoms. The molecule has 1 aliphatic rings. The van der Waals surface area contributed by atoms with Gasteiger partial charge in [0, 0.05) is 13.1 Å². The summed E-state index contributed by atoms with van der Waals surface area (Å²) in [6, 6.07) is 3.19. The van der Waals surface area contributed by atoms with Crippen LogP contribution in [0.15, 0.2) is 18.3 Å². The minimum absolute atomic E-state index is 0.370. The van der Waals surface area contributed by atoms with E-state index in [4.69, 9.17) is 5.73 Å². The maximum absolute atomic E-state index is 12.0. The molecule has 0 radical (unpaired) electrons. The first-order chi connectivity index (χ1) is 9.06. The predicted molar refractivity (Wildman–Crippen MR) is 72.3 cm³/mol. The fraction of sp³-hybridized carbons (Fsp3) is 0.462. The van der Waals surface area contributed by atoms with E-state index >= 15 is 0 Å². The van der Waals surface area contributed by atoms with E-state index in [-0.39, 0.29) is 0 Å². The summed E-state index contributed by atoms with van der Waals surface area (Å²) in [5, 5.41) is 2.53. The highest BCUT2D eigenvalue weighted by Gasteiger charge is 2.26. The second kappa shape index (κ2) is 5.69. The zero-order valence-corrected chi connectivity index (χ0v) is 10.9. The Morgan fingerprint density at radius 3 is 2.89 bits per heavy atom. The molecular formula is C13H18N4O2. The predicted octanol–water partition coefficient (Wildman–Crippen LogP) is 0.861. The molecule has 1 aliphatic heterocycles. The van der Waals surface area contributed by atoms with Gasteiger partial charge in [-0.05, 0) is 30.9 Å². The molecule has 6 nitrogen and oxygen atoms in total. The molecule has 1 aromatic rings. The zero-order chi connectivity index (χ0) is 13.8. The first kappa shape index (κ1) is 13.3. The number of likely N-dealkylation sites (tertiary alicyclic amines) is 1. The van der Waals surface area contributed by atoms with Crippen molar-refractivity contribution in [3.8, 4) is 0 Å². The van der Waals surface area contributed by atoms with Gasteiger partial charge in [-0.25, -0.2) is 4.98 Å². The summed E-state index contributed by atoms with van der Waals surface area (Å²) in [5.74, 6) is -0.290. The number of anilines is 2. The summed E-state index contributed by atoms with van der Waals surface area (Å²) >= 11 is 0. The van der Waals surface area contributed by atoms with Crippen LogP contribution in [0.25, 0.3) is 0 Å². The topological polar surface area (TPSA) is 88.3 Å². The number of nitrogens with zero attached hydrogens (tertiary/aromatic N) is 2. The molecule has 1 aromatic heterocycles. The van der Waals surface area contributed by atoms with E-state index in [9.17, 15) is 9.59 Å². The highest BCUT2D eigenvalue weighted by Crippen LogP contribution is 2.16. The summed E-state index contributed by atoms with van der Waals surface area (Å²) in [5.41, 5.74) is 5.92. The number of aromatic nitrogens is 1. The average molecular weight is 262 g/mol. The molecule has 1 fully saturated rings. The molecule has 0 spiro atoms. The van der Waals surface area contributed by atoms with E-state index in [1.807, 2.05) is 0 Å². The SMILES string of the molecule is CC1CCCN(C(=O)C(=O)Nc2ccc(N)nc2)C1. The first-order valence-corrected chi connectivity index (χ1v) is 6.38. The fourth-order valence-electron chi connectivity index (χ4n) is 2.18. The van der Waals surface area contributed by atoms with E-state index < -0.39 is 11.8 Å². The van der Waals surface area contributed by atoms with Gasteiger partial charge in [0.2, 0.25) is 0 Å². The lowest BCUT2D eigenvalue weighted by Crippen LogP contribution is -2.44. The maximum atomic E-state index is 12.0. The van der Waals surface area contributed by atoms with Crippen molar-refractivity contribution < 1.29 is 9.59 Å². The van der Waals surface area contributed by atoms with Gasteiger partial charge in [-0.3, -0.25) is 9.59 Å². The molecule has 2 rings (SSSR count). The lowest BCUT2D eigenvalue weighted by atomic mass is 10.0. The standard InChI is InChI=1S/C13H18N4O2/c1-9-3-2-6-17(8-9)13(19)12(18)16-10-4-5-11(14)15-7-10/h4-5,7,9H,2-3,6,8H2,1H3,(H2,14,15)(H,16,18). The molecule has 1 atom stereocenters. The van der Waals surface area contributed by atoms with Gasteiger partial charge in [-0.1, -0.05) is 6.92 Å². The van der Waals surface area contributed by atoms with Crippen LogP contribution in [-0.2, 0) is 9.59 Å². The number of nitrogens with two attached hydrogens (primary N) is 1. The maximum Gasteiger partial charge on any atom is 0.313 e. The second-order valence-corrected chi connectivity index (χ2v) is 4.92. The van der Waals surface area contributed by atoms with E-state index in [1.165, 1.54) is 6.20 Å². The molecule has 2 heterocycles. The van der Waals surface area contributed by atoms with Crippen LogP contribution in [0.5, 0.6) is 0 Å². The Labute approximate surface area is 112 Å². The number of piperidine rings is 1. The second-order valence-electron chi connectivity index (χ2n) is 4.92. The van der Waals surface area contributed by atoms with Crippen LogP contribution in [0.1, 0.15) is 19.8 Å². The molecule has 0 aromatic carbocycles. The van der Waals surface area contributed by atoms with Crippen LogP contribution >= 0.6 is 0 Å². The van der Waals surface area contributed by atoms with E-state index in [2.05, 4.69) is 17.2 Å². The number of nitrogen functional groups attached to an aromatic ring is 1. The summed E-state index contributed by atoms with van der Waals surface area (Å²) < 4.78 is 0. The Morgan fingerprint density at radius 1 is 1.47 bits per heavy atom. The number of pyridine rings is 1. The molecule has 0 saturated carbocycles. The third kappa shape index (κ3) is 3.43. The van der Waals surface area contributed by atoms with E-state index in [0.29, 0.717) is 30.5 Å². The zero-order valence-electron chi connectivity index (χ0n) is 10.9. The molecule has 0 bridgehead atoms. The van der Waals surface area contributed by atoms with Crippen molar-refractivity contribution >= 4 is 23.3 Å². The van der Waals surface area contributed by atoms with Crippen molar-refractivity contribution in [1.82, 2.24) is 9.88 Å². The monoisotopic (exact) mass is 262 g/mol. The minimum atomic E-state index is -0.624. The highest BCUT2D eigenvalue weighted by atomic mass is 16.2. The molecule has 102 valence electrons. The van der Waals surface area contributed by atoms with Crippen LogP contribution in [0.3, 0.4) is 0 Å². The quantitative estimate of drug-likeness (QED) is 0.735. The number of amides is 2. The normalized spacial score (nSPS) is 19.0. The number of hydrogen-bond donors (Lipinski definition) is 2. The Balaban J connectivity index is 1.95. The number of hydrogen-bond acceptors (Lipinski definition) is 4. The van der Waals surface area contributed by atoms with Gasteiger partial charge in [-0.2, -0.15) is 0 Å². The van der Waals surface area contributed by atoms with Gasteiger partial charge in [-0.15, -0.1) is 0 Å². The van der Waals surface area contributed by atoms with Gasteiger partial charge < -0.3 is 16.0 Å². The molecule has 1 unspecified atom stereocenters. The van der Waals surface area contributed by atoms with Gasteiger partial charge >= 0.3 is 11.8 Å². The smallest absolute Gasteiger partial charge is 0.313 e. The van der Waals surface area contributed by atoms with Gasteiger partial charge in [0.1, 0.15) is 5.82 Å². The molecule has 3 N–H and O–H groups in total. The van der Waals surface area contributed by atoms with Gasteiger partial charge in [0.15, 0.2) is 0 Å². The molecule has 19 heavy (non-hydrogen) atoms. The minimum Gasteiger partial charge on any atom is -0.384 e. The van der Waals surface area contributed by atoms with Crippen LogP contribution in [0.4, 0.5) is 11.5 Å². The number of nitrogens with one attached hydrogen (secondary N) is 1. The Bertz CT molecular complexity index is 472. The molecular weight excluding hydrogens is 244 g/mol. The Kier molecular flexibility index (Phi) is 3.99. The summed E-state index contributed by atoms with van der Waals surface area (Å²) in [7, 11) is 0. The number of rotatable bonds is 1. The Morgan fingerprint density at radius 2 is 2.26 bits per heavy atom. The summed E-state index contributed by atoms with van der Waals surface area (Å²) in [4.78, 5) is 29.3. The van der Waals surface area contributed by atoms with Gasteiger partial charge in [0.05, 0.1) is 11.9 Å². The summed E-state index contributed by atoms with van der Waals surface area (Å²) in [6.45, 7) is 3.38. The van der Waals surface area contributed by atoms with E-state index in [1.54, 1.807) is 17.0 Å². The van der Waals surface area contributed by atoms with Crippen LogP contribution in [0.2, 0.25) is 0 Å². The van der Waals surface area contributed by atoms with Crippen LogP contribution in [-0.4, -0.2) is 34.8 Å². The van der Waals surface area contributed by atoms with Crippen molar-refractivity contribution in [2.75, 3.05) is 24.1 Å². The Hall–Kier alpha value is -2.11. The van der Waals surface area contributed by atoms with Crippen molar-refractivity contribution in [3.05, 3.63) is 18.3 Å². The summed E-state index contributed by atoms with van der Waals surface area (Å²) in [6.07, 6.45) is 3.48. The number of carbonyl (C=O) groups is 2. The third-order valence-corrected chi connectivity index (χ3v) is 3.18. The lowest BCUT2D eigenvalue weighted by Gasteiger charge is -2.30. The van der Waals surface area contributed by atoms with Crippen molar-refractivity contribution in [2.45, 2.75) is 19.8 Å². The third-order valence-electron chi connectivity index (χ3n) is 3.18. The van der Waals surface area contributed by atoms with Crippen LogP contribution < -0.4 is 11.1 Å². The van der Waals surface area contributed by atoms with Gasteiger partial charge in [0.25, 0.3) is 0 Å². The molecule has 1 saturated heterocycles. The highest BCUT2D eigenvalue weighted by molar-refractivity contribution is 6.39. The molecule has 0 aliphatic carbocycles. The van der Waals surface area contributed by atoms with Crippen LogP contribution in [0, 0.1) is 5.92 Å². The molecule has 2 amide bonds. The largest absolute Gasteiger partial charge is 0.384 e. The van der Waals surface area contributed by atoms with Crippen molar-refractivity contribution in [3.63, 3.8) is 0 Å².